The van der Waals surface area contributed by atoms with Crippen molar-refractivity contribution in [3.63, 3.8) is 0 Å². The lowest BCUT2D eigenvalue weighted by molar-refractivity contribution is 0.452. The van der Waals surface area contributed by atoms with Crippen molar-refractivity contribution in [3.8, 4) is 0 Å². The second-order valence-electron chi connectivity index (χ2n) is 5.86. The first-order chi connectivity index (χ1) is 10.1. The molecule has 21 heavy (non-hydrogen) atoms. The van der Waals surface area contributed by atoms with Gasteiger partial charge in [-0.3, -0.25) is 16.0 Å². The number of benzene rings is 1. The van der Waals surface area contributed by atoms with Gasteiger partial charge in [-0.1, -0.05) is 41.9 Å². The Hall–Kier alpha value is -1.36. The molecule has 3 atom stereocenters. The molecule has 4 nitrogen and oxygen atoms in total. The van der Waals surface area contributed by atoms with Crippen LogP contribution < -0.4 is 11.3 Å². The minimum atomic E-state index is 0.225. The van der Waals surface area contributed by atoms with E-state index in [1.165, 1.54) is 12.0 Å². The number of aryl methyl sites for hydroxylation is 2. The molecular formula is C16H21ClN4. The van der Waals surface area contributed by atoms with Crippen LogP contribution in [0.3, 0.4) is 0 Å². The molecule has 0 aliphatic heterocycles. The fourth-order valence-electron chi connectivity index (χ4n) is 3.19. The molecule has 0 bridgehead atoms. The van der Waals surface area contributed by atoms with Crippen LogP contribution in [0.1, 0.15) is 29.3 Å². The van der Waals surface area contributed by atoms with Crippen molar-refractivity contribution in [3.05, 3.63) is 52.3 Å². The van der Waals surface area contributed by atoms with Crippen molar-refractivity contribution in [1.29, 1.82) is 0 Å². The molecule has 1 aromatic heterocycles. The van der Waals surface area contributed by atoms with Gasteiger partial charge in [-0.25, -0.2) is 0 Å². The van der Waals surface area contributed by atoms with Crippen LogP contribution in [0.15, 0.2) is 30.3 Å². The van der Waals surface area contributed by atoms with Gasteiger partial charge in [0.15, 0.2) is 0 Å². The first-order valence-corrected chi connectivity index (χ1v) is 7.68. The summed E-state index contributed by atoms with van der Waals surface area (Å²) in [5, 5.41) is 5.13. The summed E-state index contributed by atoms with van der Waals surface area (Å²) < 4.78 is 1.86. The molecule has 1 aliphatic rings. The average Bonchev–Trinajstić information content (AvgIpc) is 3.24. The highest BCUT2D eigenvalue weighted by Crippen LogP contribution is 2.50. The summed E-state index contributed by atoms with van der Waals surface area (Å²) in [7, 11) is 1.93. The molecule has 1 fully saturated rings. The Kier molecular flexibility index (Phi) is 4.02. The Morgan fingerprint density at radius 1 is 1.43 bits per heavy atom. The third-order valence-electron chi connectivity index (χ3n) is 4.47. The second-order valence-corrected chi connectivity index (χ2v) is 6.24. The third kappa shape index (κ3) is 2.84. The van der Waals surface area contributed by atoms with Gasteiger partial charge in [0, 0.05) is 19.5 Å². The normalized spacial score (nSPS) is 22.3. The zero-order valence-corrected chi connectivity index (χ0v) is 13.1. The Morgan fingerprint density at radius 2 is 2.14 bits per heavy atom. The number of hydrazine groups is 1. The van der Waals surface area contributed by atoms with Crippen molar-refractivity contribution < 1.29 is 0 Å². The van der Waals surface area contributed by atoms with E-state index in [2.05, 4.69) is 40.9 Å². The van der Waals surface area contributed by atoms with Crippen molar-refractivity contribution in [1.82, 2.24) is 15.2 Å². The maximum Gasteiger partial charge on any atom is 0.0847 e. The van der Waals surface area contributed by atoms with Crippen LogP contribution in [0, 0.1) is 12.8 Å². The van der Waals surface area contributed by atoms with Gasteiger partial charge in [0.05, 0.1) is 16.4 Å². The van der Waals surface area contributed by atoms with E-state index >= 15 is 0 Å². The van der Waals surface area contributed by atoms with Gasteiger partial charge >= 0.3 is 0 Å². The standard InChI is InChI=1S/C16H21ClN4/c1-10-16(17)15(21(2)20-10)9-14(19-18)13-8-12(13)11-6-4-3-5-7-11/h3-7,12-14,19H,8-9,18H2,1-2H3. The van der Waals surface area contributed by atoms with E-state index in [9.17, 15) is 0 Å². The van der Waals surface area contributed by atoms with Crippen LogP contribution in [0.25, 0.3) is 0 Å². The zero-order chi connectivity index (χ0) is 15.0. The lowest BCUT2D eigenvalue weighted by Gasteiger charge is -2.16. The summed E-state index contributed by atoms with van der Waals surface area (Å²) >= 11 is 6.34. The Morgan fingerprint density at radius 3 is 2.71 bits per heavy atom. The third-order valence-corrected chi connectivity index (χ3v) is 4.96. The highest BCUT2D eigenvalue weighted by molar-refractivity contribution is 6.31. The molecule has 112 valence electrons. The number of nitrogens with zero attached hydrogens (tertiary/aromatic N) is 2. The van der Waals surface area contributed by atoms with Crippen LogP contribution in [0.2, 0.25) is 5.02 Å². The largest absolute Gasteiger partial charge is 0.271 e. The lowest BCUT2D eigenvalue weighted by Crippen LogP contribution is -2.39. The number of halogens is 1. The Labute approximate surface area is 130 Å². The number of nitrogens with two attached hydrogens (primary N) is 1. The van der Waals surface area contributed by atoms with Crippen molar-refractivity contribution in [2.75, 3.05) is 0 Å². The Bertz CT molecular complexity index is 623. The highest BCUT2D eigenvalue weighted by Gasteiger charge is 2.43. The van der Waals surface area contributed by atoms with Gasteiger partial charge in [-0.05, 0) is 30.7 Å². The molecule has 1 aromatic carbocycles. The molecule has 1 saturated carbocycles. The zero-order valence-electron chi connectivity index (χ0n) is 12.4. The smallest absolute Gasteiger partial charge is 0.0847 e. The van der Waals surface area contributed by atoms with Crippen LogP contribution in [-0.4, -0.2) is 15.8 Å². The predicted molar refractivity (Wildman–Crippen MR) is 85.1 cm³/mol. The monoisotopic (exact) mass is 304 g/mol. The van der Waals surface area contributed by atoms with E-state index in [0.717, 1.165) is 22.8 Å². The van der Waals surface area contributed by atoms with E-state index in [1.54, 1.807) is 0 Å². The van der Waals surface area contributed by atoms with E-state index in [4.69, 9.17) is 17.4 Å². The molecule has 0 radical (unpaired) electrons. The summed E-state index contributed by atoms with van der Waals surface area (Å²) in [5.41, 5.74) is 6.30. The van der Waals surface area contributed by atoms with Gasteiger partial charge in [-0.15, -0.1) is 0 Å². The predicted octanol–water partition coefficient (Wildman–Crippen LogP) is 2.56. The number of hydrogen-bond donors (Lipinski definition) is 2. The SMILES string of the molecule is Cc1nn(C)c(CC(NN)C2CC2c2ccccc2)c1Cl. The summed E-state index contributed by atoms with van der Waals surface area (Å²) in [4.78, 5) is 0. The van der Waals surface area contributed by atoms with Crippen molar-refractivity contribution >= 4 is 11.6 Å². The topological polar surface area (TPSA) is 55.9 Å². The van der Waals surface area contributed by atoms with Gasteiger partial charge in [0.1, 0.15) is 0 Å². The first-order valence-electron chi connectivity index (χ1n) is 7.31. The molecule has 1 aliphatic carbocycles. The molecule has 2 aromatic rings. The van der Waals surface area contributed by atoms with Gasteiger partial charge in [0.2, 0.25) is 0 Å². The fourth-order valence-corrected chi connectivity index (χ4v) is 3.42. The van der Waals surface area contributed by atoms with E-state index in [1.807, 2.05) is 18.7 Å². The molecule has 5 heteroatoms. The fraction of sp³-hybridized carbons (Fsp3) is 0.438. The molecule has 3 rings (SSSR count). The lowest BCUT2D eigenvalue weighted by atomic mass is 10.0. The number of aromatic nitrogens is 2. The van der Waals surface area contributed by atoms with Crippen molar-refractivity contribution in [2.45, 2.75) is 31.7 Å². The molecule has 0 saturated heterocycles. The van der Waals surface area contributed by atoms with E-state index < -0.39 is 0 Å². The number of rotatable bonds is 5. The van der Waals surface area contributed by atoms with Gasteiger partial charge in [0.25, 0.3) is 0 Å². The van der Waals surface area contributed by atoms with Crippen molar-refractivity contribution in [2.24, 2.45) is 18.8 Å². The van der Waals surface area contributed by atoms with Gasteiger partial charge in [-0.2, -0.15) is 5.10 Å². The van der Waals surface area contributed by atoms with E-state index in [-0.39, 0.29) is 6.04 Å². The maximum absolute atomic E-state index is 6.34. The average molecular weight is 305 g/mol. The number of hydrogen-bond acceptors (Lipinski definition) is 3. The molecule has 0 spiro atoms. The summed E-state index contributed by atoms with van der Waals surface area (Å²) in [6.07, 6.45) is 1.98. The molecular weight excluding hydrogens is 284 g/mol. The van der Waals surface area contributed by atoms with Crippen LogP contribution in [0.5, 0.6) is 0 Å². The molecule has 1 heterocycles. The molecule has 3 unspecified atom stereocenters. The minimum Gasteiger partial charge on any atom is -0.271 e. The second kappa shape index (κ2) is 5.79. The maximum atomic E-state index is 6.34. The molecule has 3 N–H and O–H groups in total. The van der Waals surface area contributed by atoms with Crippen LogP contribution in [0.4, 0.5) is 0 Å². The quantitative estimate of drug-likeness (QED) is 0.659. The molecule has 0 amide bonds. The van der Waals surface area contributed by atoms with Gasteiger partial charge < -0.3 is 0 Å². The first kappa shape index (κ1) is 14.6. The van der Waals surface area contributed by atoms with Crippen LogP contribution in [-0.2, 0) is 13.5 Å². The number of nitrogens with one attached hydrogen (secondary N) is 1. The Balaban J connectivity index is 1.73. The van der Waals surface area contributed by atoms with E-state index in [0.29, 0.717) is 11.8 Å². The summed E-state index contributed by atoms with van der Waals surface area (Å²) in [6.45, 7) is 1.93. The van der Waals surface area contributed by atoms with Crippen LogP contribution >= 0.6 is 11.6 Å². The highest BCUT2D eigenvalue weighted by atomic mass is 35.5. The summed E-state index contributed by atoms with van der Waals surface area (Å²) in [5.74, 6) is 6.94. The summed E-state index contributed by atoms with van der Waals surface area (Å²) in [6, 6.07) is 10.9. The minimum absolute atomic E-state index is 0.225.